The van der Waals surface area contributed by atoms with Gasteiger partial charge in [-0.1, -0.05) is 22.0 Å². The summed E-state index contributed by atoms with van der Waals surface area (Å²) in [6.07, 6.45) is 3.89. The zero-order chi connectivity index (χ0) is 19.2. The number of esters is 1. The van der Waals surface area contributed by atoms with Gasteiger partial charge in [-0.25, -0.2) is 9.78 Å². The first kappa shape index (κ1) is 19.4. The van der Waals surface area contributed by atoms with Gasteiger partial charge in [0.2, 0.25) is 5.88 Å². The highest BCUT2D eigenvalue weighted by atomic mass is 79.9. The van der Waals surface area contributed by atoms with Crippen molar-refractivity contribution >= 4 is 27.8 Å². The van der Waals surface area contributed by atoms with E-state index in [1.165, 1.54) is 6.20 Å². The number of carbonyl (C=O) groups is 2. The highest BCUT2D eigenvalue weighted by Crippen LogP contribution is 2.24. The third-order valence-corrected chi connectivity index (χ3v) is 4.82. The average Bonchev–Trinajstić information content (AvgIpc) is 2.68. The summed E-state index contributed by atoms with van der Waals surface area (Å²) in [5, 5.41) is 0. The zero-order valence-electron chi connectivity index (χ0n) is 15.1. The molecule has 0 aliphatic carbocycles. The molecule has 2 aromatic rings. The van der Waals surface area contributed by atoms with Gasteiger partial charge in [0.05, 0.1) is 12.2 Å². The lowest BCUT2D eigenvalue weighted by atomic mass is 10.0. The monoisotopic (exact) mass is 432 g/mol. The normalized spacial score (nSPS) is 16.7. The van der Waals surface area contributed by atoms with E-state index in [4.69, 9.17) is 9.47 Å². The Labute approximate surface area is 166 Å². The second-order valence-electron chi connectivity index (χ2n) is 6.21. The van der Waals surface area contributed by atoms with Crippen molar-refractivity contribution < 1.29 is 19.1 Å². The van der Waals surface area contributed by atoms with E-state index in [0.717, 1.165) is 17.3 Å². The van der Waals surface area contributed by atoms with Crippen LogP contribution in [-0.2, 0) is 9.53 Å². The number of hydrogen-bond donors (Lipinski definition) is 0. The molecule has 7 heteroatoms. The van der Waals surface area contributed by atoms with E-state index in [9.17, 15) is 9.59 Å². The summed E-state index contributed by atoms with van der Waals surface area (Å²) in [5.41, 5.74) is 0.424. The van der Waals surface area contributed by atoms with E-state index in [-0.39, 0.29) is 11.9 Å². The quantitative estimate of drug-likeness (QED) is 0.662. The predicted molar refractivity (Wildman–Crippen MR) is 104 cm³/mol. The van der Waals surface area contributed by atoms with Crippen molar-refractivity contribution in [3.05, 3.63) is 52.6 Å². The maximum absolute atomic E-state index is 12.9. The van der Waals surface area contributed by atoms with Crippen LogP contribution in [0.2, 0.25) is 0 Å². The maximum Gasteiger partial charge on any atom is 0.328 e. The van der Waals surface area contributed by atoms with Crippen molar-refractivity contribution in [3.63, 3.8) is 0 Å². The summed E-state index contributed by atoms with van der Waals surface area (Å²) in [6, 6.07) is 10.2. The second-order valence-corrected chi connectivity index (χ2v) is 7.12. The molecule has 27 heavy (non-hydrogen) atoms. The van der Waals surface area contributed by atoms with Crippen LogP contribution in [0.5, 0.6) is 11.6 Å². The molecule has 1 aromatic carbocycles. The lowest BCUT2D eigenvalue weighted by Crippen LogP contribution is -2.48. The van der Waals surface area contributed by atoms with Gasteiger partial charge in [0, 0.05) is 23.3 Å². The van der Waals surface area contributed by atoms with E-state index < -0.39 is 6.04 Å². The molecule has 3 rings (SSSR count). The van der Waals surface area contributed by atoms with Gasteiger partial charge in [0.25, 0.3) is 5.91 Å². The summed E-state index contributed by atoms with van der Waals surface area (Å²) in [4.78, 5) is 30.9. The summed E-state index contributed by atoms with van der Waals surface area (Å²) >= 11 is 3.39. The Morgan fingerprint density at radius 2 is 2.11 bits per heavy atom. The molecular formula is C20H21BrN2O4. The van der Waals surface area contributed by atoms with Gasteiger partial charge >= 0.3 is 5.97 Å². The van der Waals surface area contributed by atoms with E-state index in [0.29, 0.717) is 36.8 Å². The van der Waals surface area contributed by atoms with Crippen molar-refractivity contribution in [2.75, 3.05) is 13.2 Å². The molecule has 0 spiro atoms. The fourth-order valence-electron chi connectivity index (χ4n) is 3.04. The average molecular weight is 433 g/mol. The SMILES string of the molecule is CCOC(=O)C1CCCCN1C(=O)c1ccc(Oc2cccc(Br)c2)nc1. The van der Waals surface area contributed by atoms with Crippen LogP contribution in [0.15, 0.2) is 47.1 Å². The Morgan fingerprint density at radius 1 is 1.26 bits per heavy atom. The molecule has 6 nitrogen and oxygen atoms in total. The van der Waals surface area contributed by atoms with Gasteiger partial charge in [-0.2, -0.15) is 0 Å². The molecule has 0 bridgehead atoms. The minimum Gasteiger partial charge on any atom is -0.464 e. The predicted octanol–water partition coefficient (Wildman–Crippen LogP) is 4.19. The maximum atomic E-state index is 12.9. The Morgan fingerprint density at radius 3 is 2.81 bits per heavy atom. The summed E-state index contributed by atoms with van der Waals surface area (Å²) in [5.74, 6) is 0.488. The Bertz CT molecular complexity index is 810. The van der Waals surface area contributed by atoms with Crippen LogP contribution in [0.4, 0.5) is 0 Å². The minimum absolute atomic E-state index is 0.214. The Balaban J connectivity index is 1.71. The lowest BCUT2D eigenvalue weighted by molar-refractivity contribution is -0.149. The third kappa shape index (κ3) is 4.86. The summed E-state index contributed by atoms with van der Waals surface area (Å²) in [6.45, 7) is 2.61. The van der Waals surface area contributed by atoms with E-state index >= 15 is 0 Å². The van der Waals surface area contributed by atoms with Gasteiger partial charge < -0.3 is 14.4 Å². The highest BCUT2D eigenvalue weighted by Gasteiger charge is 2.33. The number of benzene rings is 1. The number of piperidine rings is 1. The molecule has 1 saturated heterocycles. The van der Waals surface area contributed by atoms with Crippen molar-refractivity contribution in [1.29, 1.82) is 0 Å². The Kier molecular flexibility index (Phi) is 6.45. The fourth-order valence-corrected chi connectivity index (χ4v) is 3.42. The zero-order valence-corrected chi connectivity index (χ0v) is 16.6. The molecule has 1 aromatic heterocycles. The lowest BCUT2D eigenvalue weighted by Gasteiger charge is -2.34. The van der Waals surface area contributed by atoms with E-state index in [2.05, 4.69) is 20.9 Å². The van der Waals surface area contributed by atoms with E-state index in [1.807, 2.05) is 24.3 Å². The number of ether oxygens (including phenoxy) is 2. The number of pyridine rings is 1. The number of nitrogens with zero attached hydrogens (tertiary/aromatic N) is 2. The summed E-state index contributed by atoms with van der Waals surface area (Å²) < 4.78 is 11.7. The second kappa shape index (κ2) is 8.99. The van der Waals surface area contributed by atoms with Gasteiger partial charge in [-0.15, -0.1) is 0 Å². The molecule has 142 valence electrons. The topological polar surface area (TPSA) is 68.7 Å². The molecule has 1 amide bonds. The summed E-state index contributed by atoms with van der Waals surface area (Å²) in [7, 11) is 0. The smallest absolute Gasteiger partial charge is 0.328 e. The number of amides is 1. The largest absolute Gasteiger partial charge is 0.464 e. The van der Waals surface area contributed by atoms with Crippen LogP contribution in [0.3, 0.4) is 0 Å². The van der Waals surface area contributed by atoms with Gasteiger partial charge in [-0.3, -0.25) is 4.79 Å². The number of carbonyl (C=O) groups excluding carboxylic acids is 2. The Hall–Kier alpha value is -2.41. The number of halogens is 1. The van der Waals surface area contributed by atoms with Gasteiger partial charge in [0.1, 0.15) is 11.8 Å². The molecule has 1 unspecified atom stereocenters. The first-order valence-corrected chi connectivity index (χ1v) is 9.75. The number of likely N-dealkylation sites (tertiary alicyclic amines) is 1. The first-order chi connectivity index (χ1) is 13.1. The van der Waals surface area contributed by atoms with Crippen molar-refractivity contribution in [2.24, 2.45) is 0 Å². The van der Waals surface area contributed by atoms with Crippen LogP contribution in [0.25, 0.3) is 0 Å². The van der Waals surface area contributed by atoms with Crippen molar-refractivity contribution in [2.45, 2.75) is 32.2 Å². The molecule has 1 aliphatic rings. The molecule has 2 heterocycles. The molecule has 0 saturated carbocycles. The number of aromatic nitrogens is 1. The minimum atomic E-state index is -0.524. The first-order valence-electron chi connectivity index (χ1n) is 8.95. The van der Waals surface area contributed by atoms with E-state index in [1.54, 1.807) is 24.0 Å². The molecular weight excluding hydrogens is 412 g/mol. The van der Waals surface area contributed by atoms with Gasteiger partial charge in [0.15, 0.2) is 0 Å². The highest BCUT2D eigenvalue weighted by molar-refractivity contribution is 9.10. The molecule has 1 fully saturated rings. The van der Waals surface area contributed by atoms with Crippen molar-refractivity contribution in [1.82, 2.24) is 9.88 Å². The standard InChI is InChI=1S/C20H21BrN2O4/c1-2-26-20(25)17-8-3-4-11-23(17)19(24)14-9-10-18(22-13-14)27-16-7-5-6-15(21)12-16/h5-7,9-10,12-13,17H,2-4,8,11H2,1H3. The van der Waals surface area contributed by atoms with Crippen LogP contribution >= 0.6 is 15.9 Å². The third-order valence-electron chi connectivity index (χ3n) is 4.32. The van der Waals surface area contributed by atoms with Crippen LogP contribution in [0, 0.1) is 0 Å². The molecule has 1 atom stereocenters. The van der Waals surface area contributed by atoms with Crippen LogP contribution < -0.4 is 4.74 Å². The van der Waals surface area contributed by atoms with Crippen LogP contribution in [-0.4, -0.2) is 41.0 Å². The number of rotatable bonds is 5. The van der Waals surface area contributed by atoms with Gasteiger partial charge in [-0.05, 0) is 50.5 Å². The number of hydrogen-bond acceptors (Lipinski definition) is 5. The molecule has 0 N–H and O–H groups in total. The van der Waals surface area contributed by atoms with Crippen molar-refractivity contribution in [3.8, 4) is 11.6 Å². The molecule has 0 radical (unpaired) electrons. The molecule has 1 aliphatic heterocycles. The fraction of sp³-hybridized carbons (Fsp3) is 0.350. The van der Waals surface area contributed by atoms with Crippen LogP contribution in [0.1, 0.15) is 36.5 Å².